The smallest absolute Gasteiger partial charge is 0.334 e. The molecule has 28 heavy (non-hydrogen) atoms. The van der Waals surface area contributed by atoms with Gasteiger partial charge < -0.3 is 15.5 Å². The molecule has 2 N–H and O–H groups in total. The fourth-order valence-corrected chi connectivity index (χ4v) is 3.39. The molecule has 0 aromatic heterocycles. The Labute approximate surface area is 165 Å². The van der Waals surface area contributed by atoms with Crippen LogP contribution in [0.2, 0.25) is 0 Å². The van der Waals surface area contributed by atoms with E-state index in [4.69, 9.17) is 4.84 Å². The largest absolute Gasteiger partial charge is 0.355 e. The molecule has 0 aromatic rings. The Kier molecular flexibility index (Phi) is 7.98. The van der Waals surface area contributed by atoms with Crippen LogP contribution in [0.15, 0.2) is 12.3 Å². The topological polar surface area (TPSA) is 108 Å². The van der Waals surface area contributed by atoms with Crippen molar-refractivity contribution in [1.29, 1.82) is 0 Å². The van der Waals surface area contributed by atoms with Crippen LogP contribution in [0.3, 0.4) is 0 Å². The van der Waals surface area contributed by atoms with Crippen LogP contribution in [0.25, 0.3) is 0 Å². The van der Waals surface area contributed by atoms with Crippen molar-refractivity contribution in [2.45, 2.75) is 64.5 Å². The molecule has 1 unspecified atom stereocenters. The molecule has 9 nitrogen and oxygen atoms in total. The molecule has 2 aliphatic heterocycles. The molecule has 156 valence electrons. The van der Waals surface area contributed by atoms with Gasteiger partial charge in [0.1, 0.15) is 0 Å². The fourth-order valence-electron chi connectivity index (χ4n) is 3.39. The maximum absolute atomic E-state index is 12.3. The highest BCUT2D eigenvalue weighted by Crippen LogP contribution is 2.21. The van der Waals surface area contributed by atoms with Crippen molar-refractivity contribution in [3.05, 3.63) is 12.3 Å². The number of rotatable bonds is 9. The quantitative estimate of drug-likeness (QED) is 0.428. The lowest BCUT2D eigenvalue weighted by molar-refractivity contribution is -0.186. The zero-order chi connectivity index (χ0) is 20.7. The highest BCUT2D eigenvalue weighted by atomic mass is 16.8. The van der Waals surface area contributed by atoms with Gasteiger partial charge in [-0.15, -0.1) is 5.06 Å². The Morgan fingerprint density at radius 2 is 1.89 bits per heavy atom. The second kappa shape index (κ2) is 10.2. The van der Waals surface area contributed by atoms with Crippen molar-refractivity contribution in [2.24, 2.45) is 0 Å². The van der Waals surface area contributed by atoms with Gasteiger partial charge in [0.25, 0.3) is 5.91 Å². The summed E-state index contributed by atoms with van der Waals surface area (Å²) in [5.41, 5.74) is 0.455. The van der Waals surface area contributed by atoms with Crippen LogP contribution < -0.4 is 10.6 Å². The van der Waals surface area contributed by atoms with E-state index in [0.29, 0.717) is 18.2 Å². The minimum absolute atomic E-state index is 0.0434. The SMILES string of the molecule is C=C1CCC(=O)N1O[13C](=O)CC[15NH][13C](=O)CC[15NH]C(=O)[13CH]1[13CH2][13CH2][13CH2]N1[13CH](C)C. The molecule has 2 heterocycles. The Balaban J connectivity index is 1.58. The lowest BCUT2D eigenvalue weighted by Gasteiger charge is -2.27. The number of hydroxylamine groups is 2. The Bertz CT molecular complexity index is 618. The van der Waals surface area contributed by atoms with Crippen LogP contribution in [0.4, 0.5) is 0 Å². The molecular formula is C19H30N4O5. The van der Waals surface area contributed by atoms with E-state index >= 15 is 0 Å². The Hall–Kier alpha value is -2.42. The van der Waals surface area contributed by atoms with Crippen molar-refractivity contribution < 1.29 is 24.0 Å². The lowest BCUT2D eigenvalue weighted by Crippen LogP contribution is -2.46. The van der Waals surface area contributed by atoms with Crippen LogP contribution in [0, 0.1) is 0 Å². The average Bonchev–Trinajstić information content (AvgIpc) is 3.24. The van der Waals surface area contributed by atoms with E-state index in [1.807, 2.05) is 0 Å². The fraction of sp³-hybridized carbons (Fsp3) is 0.684. The second-order valence-corrected chi connectivity index (χ2v) is 7.35. The summed E-state index contributed by atoms with van der Waals surface area (Å²) in [6.45, 7) is 9.07. The van der Waals surface area contributed by atoms with Gasteiger partial charge in [-0.3, -0.25) is 19.3 Å². The molecule has 2 fully saturated rings. The summed E-state index contributed by atoms with van der Waals surface area (Å²) in [7, 11) is 0. The van der Waals surface area contributed by atoms with E-state index < -0.39 is 5.97 Å². The van der Waals surface area contributed by atoms with Crippen molar-refractivity contribution in [2.75, 3.05) is 19.6 Å². The molecule has 0 spiro atoms. The number of nitrogens with zero attached hydrogens (tertiary/aromatic N) is 2. The van der Waals surface area contributed by atoms with Gasteiger partial charge in [-0.25, -0.2) is 4.79 Å². The molecule has 0 bridgehead atoms. The molecule has 0 radical (unpaired) electrons. The first-order valence-electron chi connectivity index (χ1n) is 9.81. The van der Waals surface area contributed by atoms with Crippen LogP contribution in [0.1, 0.15) is 52.4 Å². The molecule has 0 aromatic carbocycles. The van der Waals surface area contributed by atoms with Gasteiger partial charge in [0, 0.05) is 32.0 Å². The summed E-state index contributed by atoms with van der Waals surface area (Å²) in [6.07, 6.45) is 2.68. The molecule has 0 saturated carbocycles. The minimum Gasteiger partial charge on any atom is -0.355 e. The molecule has 2 aliphatic rings. The first kappa shape index (κ1) is 21.9. The molecule has 1 atom stereocenters. The number of amides is 3. The second-order valence-electron chi connectivity index (χ2n) is 7.35. The van der Waals surface area contributed by atoms with Crippen LogP contribution >= 0.6 is 0 Å². The van der Waals surface area contributed by atoms with Crippen molar-refractivity contribution >= 4 is 23.7 Å². The van der Waals surface area contributed by atoms with Gasteiger partial charge in [0.2, 0.25) is 11.8 Å². The third-order valence-corrected chi connectivity index (χ3v) is 4.90. The zero-order valence-electron chi connectivity index (χ0n) is 16.7. The molecule has 2 saturated heterocycles. The maximum atomic E-state index is 12.3. The zero-order valence-corrected chi connectivity index (χ0v) is 16.7. The summed E-state index contributed by atoms with van der Waals surface area (Å²) in [6, 6.07) is 0.190. The highest BCUT2D eigenvalue weighted by Gasteiger charge is 2.32. The van der Waals surface area contributed by atoms with E-state index in [0.717, 1.165) is 24.4 Å². The van der Waals surface area contributed by atoms with Crippen molar-refractivity contribution in [3.8, 4) is 0 Å². The Morgan fingerprint density at radius 1 is 1.18 bits per heavy atom. The van der Waals surface area contributed by atoms with Gasteiger partial charge in [-0.2, -0.15) is 0 Å². The third kappa shape index (κ3) is 6.05. The number of hydrogen-bond donors (Lipinski definition) is 2. The predicted molar refractivity (Wildman–Crippen MR) is 101 cm³/mol. The van der Waals surface area contributed by atoms with Gasteiger partial charge in [-0.1, -0.05) is 6.58 Å². The van der Waals surface area contributed by atoms with Gasteiger partial charge >= 0.3 is 5.97 Å². The predicted octanol–water partition coefficient (Wildman–Crippen LogP) is 0.466. The highest BCUT2D eigenvalue weighted by molar-refractivity contribution is 5.83. The summed E-state index contributed by atoms with van der Waals surface area (Å²) in [5, 5.41) is 6.33. The molecule has 2 rings (SSSR count). The van der Waals surface area contributed by atoms with E-state index in [1.165, 1.54) is 0 Å². The summed E-state index contributed by atoms with van der Waals surface area (Å²) < 4.78 is 0. The average molecular weight is 403 g/mol. The lowest BCUT2D eigenvalue weighted by atomic mass is 10.3. The van der Waals surface area contributed by atoms with Crippen molar-refractivity contribution in [3.63, 3.8) is 0 Å². The minimum atomic E-state index is -0.611. The molecule has 3 amide bonds. The van der Waals surface area contributed by atoms with Crippen LogP contribution in [-0.4, -0.2) is 65.4 Å². The van der Waals surface area contributed by atoms with E-state index in [2.05, 4.69) is 36.0 Å². The number of carbonyl (C=O) groups excluding carboxylic acids is 4. The summed E-state index contributed by atoms with van der Waals surface area (Å²) in [5.74, 6) is -1.21. The maximum Gasteiger partial charge on any atom is 0.334 e. The first-order chi connectivity index (χ1) is 13.3. The number of hydrogen-bond acceptors (Lipinski definition) is 6. The first-order valence-corrected chi connectivity index (χ1v) is 9.81. The van der Waals surface area contributed by atoms with Crippen molar-refractivity contribution in [1.82, 2.24) is 20.6 Å². The monoisotopic (exact) mass is 403 g/mol. The van der Waals surface area contributed by atoms with E-state index in [-0.39, 0.29) is 56.1 Å². The Morgan fingerprint density at radius 3 is 2.54 bits per heavy atom. The number of carbonyl (C=O) groups is 4. The molecular weight excluding hydrogens is 373 g/mol. The normalized spacial score (nSPS) is 20.0. The number of nitrogens with one attached hydrogen (secondary N) is 2. The molecule has 9 heteroatoms. The number of allylic oxidation sites excluding steroid dienone is 1. The van der Waals surface area contributed by atoms with Crippen LogP contribution in [-0.2, 0) is 24.0 Å². The number of likely N-dealkylation sites (tertiary alicyclic amines) is 1. The van der Waals surface area contributed by atoms with E-state index in [1.54, 1.807) is 0 Å². The van der Waals surface area contributed by atoms with Gasteiger partial charge in [0.15, 0.2) is 0 Å². The van der Waals surface area contributed by atoms with Crippen LogP contribution in [0.5, 0.6) is 0 Å². The summed E-state index contributed by atoms with van der Waals surface area (Å²) >= 11 is 0. The van der Waals surface area contributed by atoms with E-state index in [9.17, 15) is 19.2 Å². The van der Waals surface area contributed by atoms with Gasteiger partial charge in [-0.05, 0) is 39.7 Å². The third-order valence-electron chi connectivity index (χ3n) is 4.90. The van der Waals surface area contributed by atoms with Gasteiger partial charge in [0.05, 0.1) is 18.2 Å². The standard InChI is InChI=1S/C19H30N4O5/c1-13(2)22-12-4-5-15(22)19(27)21-10-8-16(24)20-11-9-18(26)28-23-14(3)6-7-17(23)25/h13,15H,3-12H2,1-2H3,(H,20,24)(H,21,27)/i4+1,5+1,12+1,13+1,15+1,16+1,18+1,20+1,21+1. The summed E-state index contributed by atoms with van der Waals surface area (Å²) in [4.78, 5) is 54.5. The molecule has 0 aliphatic carbocycles.